The quantitative estimate of drug-likeness (QED) is 0.553. The lowest BCUT2D eigenvalue weighted by molar-refractivity contribution is -0.0247. The fraction of sp³-hybridized carbons (Fsp3) is 1.00. The molecule has 0 aromatic heterocycles. The van der Waals surface area contributed by atoms with Crippen molar-refractivity contribution < 1.29 is 4.74 Å². The third-order valence-corrected chi connectivity index (χ3v) is 2.13. The summed E-state index contributed by atoms with van der Waals surface area (Å²) in [6.45, 7) is 22.9. The fourth-order valence-corrected chi connectivity index (χ4v) is 1.25. The Bertz CT molecular complexity index is 89.5. The van der Waals surface area contributed by atoms with Crippen molar-refractivity contribution in [3.05, 3.63) is 0 Å². The maximum absolute atomic E-state index is 5.75. The second-order valence-corrected chi connectivity index (χ2v) is 3.52. The normalized spacial score (nSPS) is 12.0. The summed E-state index contributed by atoms with van der Waals surface area (Å²) in [7, 11) is 0. The molecule has 2 unspecified atom stereocenters. The van der Waals surface area contributed by atoms with Crippen LogP contribution >= 0.6 is 0 Å². The van der Waals surface area contributed by atoms with Crippen LogP contribution in [-0.4, -0.2) is 12.2 Å². The molecule has 0 aliphatic rings. The smallest absolute Gasteiger partial charge is 0.0601 e. The minimum Gasteiger partial charge on any atom is -0.375 e. The molecule has 0 radical (unpaired) electrons. The van der Waals surface area contributed by atoms with Crippen LogP contribution in [0.5, 0.6) is 0 Å². The van der Waals surface area contributed by atoms with Gasteiger partial charge in [0.05, 0.1) is 12.2 Å². The van der Waals surface area contributed by atoms with Crippen LogP contribution in [0, 0.1) is 5.92 Å². The Labute approximate surface area is 112 Å². The standard InChI is InChI=1S/C10H22O.3C2H6/c1-6-9(5)10(7-2)11-8(3)4;3*1-2/h8-10H,6-7H2,1-5H3;3*1-2H3. The van der Waals surface area contributed by atoms with Crippen LogP contribution in [0.1, 0.15) is 89.0 Å². The number of hydrogen-bond acceptors (Lipinski definition) is 1. The van der Waals surface area contributed by atoms with Crippen molar-refractivity contribution in [3.63, 3.8) is 0 Å². The van der Waals surface area contributed by atoms with E-state index in [2.05, 4.69) is 34.6 Å². The van der Waals surface area contributed by atoms with Gasteiger partial charge in [0, 0.05) is 0 Å². The molecule has 2 atom stereocenters. The van der Waals surface area contributed by atoms with Crippen LogP contribution in [0.4, 0.5) is 0 Å². The van der Waals surface area contributed by atoms with Crippen LogP contribution < -0.4 is 0 Å². The Morgan fingerprint density at radius 1 is 0.706 bits per heavy atom. The van der Waals surface area contributed by atoms with E-state index in [1.807, 2.05) is 41.5 Å². The van der Waals surface area contributed by atoms with Gasteiger partial charge in [-0.05, 0) is 26.2 Å². The summed E-state index contributed by atoms with van der Waals surface area (Å²) in [4.78, 5) is 0. The zero-order chi connectivity index (χ0) is 14.9. The largest absolute Gasteiger partial charge is 0.375 e. The highest BCUT2D eigenvalue weighted by Crippen LogP contribution is 2.15. The SMILES string of the molecule is CC.CC.CC.CCC(C)C(CC)OC(C)C. The molecule has 0 fully saturated rings. The third-order valence-electron chi connectivity index (χ3n) is 2.13. The Kier molecular flexibility index (Phi) is 37.8. The van der Waals surface area contributed by atoms with Crippen molar-refractivity contribution in [1.82, 2.24) is 0 Å². The van der Waals surface area contributed by atoms with Gasteiger partial charge in [-0.1, -0.05) is 68.7 Å². The Hall–Kier alpha value is -0.0400. The summed E-state index contributed by atoms with van der Waals surface area (Å²) in [6, 6.07) is 0. The van der Waals surface area contributed by atoms with Gasteiger partial charge in [0.2, 0.25) is 0 Å². The van der Waals surface area contributed by atoms with Gasteiger partial charge in [-0.25, -0.2) is 0 Å². The van der Waals surface area contributed by atoms with Gasteiger partial charge in [-0.2, -0.15) is 0 Å². The van der Waals surface area contributed by atoms with E-state index < -0.39 is 0 Å². The first kappa shape index (κ1) is 25.7. The molecule has 0 amide bonds. The molecule has 0 bridgehead atoms. The highest BCUT2D eigenvalue weighted by molar-refractivity contribution is 4.63. The number of ether oxygens (including phenoxy) is 1. The van der Waals surface area contributed by atoms with Gasteiger partial charge in [-0.3, -0.25) is 0 Å². The molecule has 0 aliphatic heterocycles. The molecule has 110 valence electrons. The summed E-state index contributed by atoms with van der Waals surface area (Å²) >= 11 is 0. The number of rotatable bonds is 5. The van der Waals surface area contributed by atoms with Crippen molar-refractivity contribution in [2.75, 3.05) is 0 Å². The molecule has 1 nitrogen and oxygen atoms in total. The summed E-state index contributed by atoms with van der Waals surface area (Å²) in [5.41, 5.74) is 0. The van der Waals surface area contributed by atoms with E-state index in [-0.39, 0.29) is 0 Å². The monoisotopic (exact) mass is 248 g/mol. The van der Waals surface area contributed by atoms with Gasteiger partial charge < -0.3 is 4.74 Å². The Morgan fingerprint density at radius 3 is 1.24 bits per heavy atom. The van der Waals surface area contributed by atoms with Crippen LogP contribution in [-0.2, 0) is 4.74 Å². The topological polar surface area (TPSA) is 9.23 Å². The summed E-state index contributed by atoms with van der Waals surface area (Å²) in [5.74, 6) is 0.697. The molecule has 0 rings (SSSR count). The highest BCUT2D eigenvalue weighted by Gasteiger charge is 2.14. The maximum atomic E-state index is 5.75. The van der Waals surface area contributed by atoms with Gasteiger partial charge in [0.25, 0.3) is 0 Å². The van der Waals surface area contributed by atoms with E-state index >= 15 is 0 Å². The lowest BCUT2D eigenvalue weighted by Crippen LogP contribution is -2.23. The average Bonchev–Trinajstić information content (AvgIpc) is 2.41. The third kappa shape index (κ3) is 21.7. The predicted molar refractivity (Wildman–Crippen MR) is 83.8 cm³/mol. The van der Waals surface area contributed by atoms with Crippen LogP contribution in [0.25, 0.3) is 0 Å². The highest BCUT2D eigenvalue weighted by atomic mass is 16.5. The average molecular weight is 248 g/mol. The molecule has 1 heteroatoms. The van der Waals surface area contributed by atoms with Gasteiger partial charge in [-0.15, -0.1) is 0 Å². The van der Waals surface area contributed by atoms with Gasteiger partial charge in [0.1, 0.15) is 0 Å². The molecule has 0 spiro atoms. The fourth-order valence-electron chi connectivity index (χ4n) is 1.25. The zero-order valence-electron chi connectivity index (χ0n) is 14.6. The van der Waals surface area contributed by atoms with E-state index in [0.29, 0.717) is 18.1 Å². The zero-order valence-corrected chi connectivity index (χ0v) is 14.6. The van der Waals surface area contributed by atoms with E-state index in [9.17, 15) is 0 Å². The first-order valence-electron chi connectivity index (χ1n) is 7.77. The van der Waals surface area contributed by atoms with Crippen LogP contribution in [0.2, 0.25) is 0 Å². The molecule has 0 aromatic carbocycles. The number of hydrogen-bond donors (Lipinski definition) is 0. The molecule has 0 heterocycles. The van der Waals surface area contributed by atoms with Crippen molar-refractivity contribution in [2.24, 2.45) is 5.92 Å². The molecule has 0 aromatic rings. The Morgan fingerprint density at radius 2 is 1.06 bits per heavy atom. The lowest BCUT2D eigenvalue weighted by atomic mass is 10.00. The molecule has 0 aliphatic carbocycles. The molecule has 17 heavy (non-hydrogen) atoms. The first-order chi connectivity index (χ1) is 8.11. The molecular formula is C16H40O. The van der Waals surface area contributed by atoms with E-state index in [4.69, 9.17) is 4.74 Å². The maximum Gasteiger partial charge on any atom is 0.0601 e. The second kappa shape index (κ2) is 25.0. The van der Waals surface area contributed by atoms with Crippen LogP contribution in [0.3, 0.4) is 0 Å². The minimum absolute atomic E-state index is 0.369. The van der Waals surface area contributed by atoms with E-state index in [1.54, 1.807) is 0 Å². The van der Waals surface area contributed by atoms with Crippen molar-refractivity contribution in [2.45, 2.75) is 101 Å². The molecule has 0 saturated heterocycles. The van der Waals surface area contributed by atoms with Gasteiger partial charge in [0.15, 0.2) is 0 Å². The Balaban J connectivity index is -0.000000121. The van der Waals surface area contributed by atoms with Crippen molar-refractivity contribution >= 4 is 0 Å². The van der Waals surface area contributed by atoms with E-state index in [1.165, 1.54) is 6.42 Å². The first-order valence-corrected chi connectivity index (χ1v) is 7.77. The summed E-state index contributed by atoms with van der Waals surface area (Å²) in [6.07, 6.45) is 3.17. The minimum atomic E-state index is 0.369. The second-order valence-electron chi connectivity index (χ2n) is 3.52. The van der Waals surface area contributed by atoms with E-state index in [0.717, 1.165) is 6.42 Å². The van der Waals surface area contributed by atoms with Crippen molar-refractivity contribution in [3.8, 4) is 0 Å². The summed E-state index contributed by atoms with van der Waals surface area (Å²) < 4.78 is 5.75. The lowest BCUT2D eigenvalue weighted by Gasteiger charge is -2.24. The summed E-state index contributed by atoms with van der Waals surface area (Å²) in [5, 5.41) is 0. The predicted octanol–water partition coefficient (Wildman–Crippen LogP) is 6.31. The molecule has 0 N–H and O–H groups in total. The van der Waals surface area contributed by atoms with Gasteiger partial charge >= 0.3 is 0 Å². The van der Waals surface area contributed by atoms with Crippen molar-refractivity contribution in [1.29, 1.82) is 0 Å². The molecular weight excluding hydrogens is 208 g/mol. The van der Waals surface area contributed by atoms with Crippen LogP contribution in [0.15, 0.2) is 0 Å². The molecule has 0 saturated carbocycles.